The Bertz CT molecular complexity index is 1910. The molecule has 0 unspecified atom stereocenters. The van der Waals surface area contributed by atoms with Crippen molar-refractivity contribution in [1.29, 1.82) is 0 Å². The molecule has 0 aliphatic carbocycles. The normalized spacial score (nSPS) is 10.8. The van der Waals surface area contributed by atoms with Gasteiger partial charge in [0, 0.05) is 0 Å². The molecule has 2 N–H and O–H groups in total. The number of hydrogen-bond donors (Lipinski definition) is 2. The summed E-state index contributed by atoms with van der Waals surface area (Å²) in [5.41, 5.74) is 11.5. The fourth-order valence-electron chi connectivity index (χ4n) is 6.79. The molecule has 0 atom stereocenters. The molecule has 1 radical (unpaired) electrons. The third-order valence-electron chi connectivity index (χ3n) is 9.05. The van der Waals surface area contributed by atoms with Crippen LogP contribution in [0.5, 0.6) is 0 Å². The van der Waals surface area contributed by atoms with Crippen molar-refractivity contribution < 1.29 is 30.4 Å². The molecule has 4 nitrogen and oxygen atoms in total. The molecule has 0 bridgehead atoms. The van der Waals surface area contributed by atoms with Crippen LogP contribution in [0, 0.1) is 0 Å². The van der Waals surface area contributed by atoms with E-state index in [-0.39, 0.29) is 10.8 Å². The standard InChI is InChI=1S/2C22H25.C2H4BN2O2.2ClH.Zr/c2*1-5-9-16-14-17-10-8-12-18(20(17)15-16)19-11-6-7-13-21(19)22(2,3)4;6-1-4-3-5-2-7;;;/h2*6-8,10-15H,5,9H2,1-4H3;1-2H,(H,4,6)(H,5,7);2*1H;/q2*-1;;;;+4/p-2. The van der Waals surface area contributed by atoms with Gasteiger partial charge in [0.05, 0.1) is 0 Å². The first-order valence-corrected chi connectivity index (χ1v) is 24.9. The summed E-state index contributed by atoms with van der Waals surface area (Å²) in [5, 5.41) is 9.72. The molecule has 0 spiro atoms. The number of benzene rings is 4. The number of carbonyl (C=O) groups is 2. The van der Waals surface area contributed by atoms with Crippen LogP contribution in [-0.4, -0.2) is 20.4 Å². The zero-order valence-corrected chi connectivity index (χ0v) is 37.0. The van der Waals surface area contributed by atoms with Gasteiger partial charge in [-0.05, 0) is 45.9 Å². The summed E-state index contributed by atoms with van der Waals surface area (Å²) in [7, 11) is 11.0. The van der Waals surface area contributed by atoms with Gasteiger partial charge in [-0.1, -0.05) is 140 Å². The van der Waals surface area contributed by atoms with Crippen LogP contribution in [0.2, 0.25) is 0 Å². The molecule has 2 amide bonds. The predicted octanol–water partition coefficient (Wildman–Crippen LogP) is 12.3. The Balaban J connectivity index is 0.000000233. The molecular weight excluding hydrogens is 785 g/mol. The Morgan fingerprint density at radius 2 is 0.944 bits per heavy atom. The summed E-state index contributed by atoms with van der Waals surface area (Å²) in [4.78, 5) is 18.8. The van der Waals surface area contributed by atoms with Crippen LogP contribution in [0.4, 0.5) is 0 Å². The van der Waals surface area contributed by atoms with E-state index >= 15 is 0 Å². The van der Waals surface area contributed by atoms with Crippen molar-refractivity contribution in [1.82, 2.24) is 10.5 Å². The van der Waals surface area contributed by atoms with Crippen LogP contribution in [-0.2, 0) is 54.1 Å². The van der Waals surface area contributed by atoms with Crippen LogP contribution >= 0.6 is 17.0 Å². The number of carbonyl (C=O) groups excluding carboxylic acids is 2. The van der Waals surface area contributed by atoms with Crippen LogP contribution in [0.25, 0.3) is 43.8 Å². The van der Waals surface area contributed by atoms with E-state index in [0.29, 0.717) is 12.8 Å². The van der Waals surface area contributed by atoms with Crippen molar-refractivity contribution in [2.24, 2.45) is 0 Å². The first-order chi connectivity index (χ1) is 25.8. The zero-order chi connectivity index (χ0) is 39.7. The summed E-state index contributed by atoms with van der Waals surface area (Å²) in [6.45, 7) is 18.2. The fourth-order valence-corrected chi connectivity index (χ4v) is 6.79. The molecule has 0 saturated heterocycles. The van der Waals surface area contributed by atoms with Gasteiger partial charge < -0.3 is 10.5 Å². The van der Waals surface area contributed by atoms with Gasteiger partial charge in [-0.15, -0.1) is 69.1 Å². The van der Waals surface area contributed by atoms with Crippen LogP contribution in [0.1, 0.15) is 90.5 Å². The molecule has 6 aromatic rings. The molecule has 0 fully saturated rings. The quantitative estimate of drug-likeness (QED) is 0.0625. The molecule has 0 aliphatic heterocycles. The zero-order valence-electron chi connectivity index (χ0n) is 33.0. The van der Waals surface area contributed by atoms with Gasteiger partial charge in [-0.3, -0.25) is 9.59 Å². The Kier molecular flexibility index (Phi) is 18.5. The average molecular weight is 840 g/mol. The molecule has 0 aliphatic rings. The van der Waals surface area contributed by atoms with Crippen molar-refractivity contribution in [2.75, 3.05) is 0 Å². The maximum atomic E-state index is 9.38. The van der Waals surface area contributed by atoms with E-state index in [0.717, 1.165) is 20.4 Å². The molecule has 54 heavy (non-hydrogen) atoms. The first-order valence-electron chi connectivity index (χ1n) is 18.6. The van der Waals surface area contributed by atoms with E-state index in [2.05, 4.69) is 175 Å². The number of fused-ring (bicyclic) bond motifs is 2. The van der Waals surface area contributed by atoms with Crippen molar-refractivity contribution in [3.8, 4) is 22.3 Å². The van der Waals surface area contributed by atoms with Gasteiger partial charge in [-0.25, -0.2) is 0 Å². The molecule has 0 heterocycles. The predicted molar refractivity (Wildman–Crippen MR) is 231 cm³/mol. The van der Waals surface area contributed by atoms with Crippen molar-refractivity contribution in [3.63, 3.8) is 0 Å². The SMILES string of the molecule is CCCc1cc2c(-c3ccccc3C(C)(C)C)cccc2[cH-]1.CCCc1cc2c(-c3ccccc3C(C)(C)C)cccc2[cH-]1.O=CN[B]NC=O.[Cl][Zr+2][Cl]. The molecule has 0 saturated carbocycles. The van der Waals surface area contributed by atoms with Gasteiger partial charge in [0.1, 0.15) is 0 Å². The van der Waals surface area contributed by atoms with Gasteiger partial charge in [0.25, 0.3) is 0 Å². The number of amides is 2. The maximum absolute atomic E-state index is 9.38. The van der Waals surface area contributed by atoms with E-state index in [1.165, 1.54) is 78.9 Å². The molecule has 8 heteroatoms. The third kappa shape index (κ3) is 12.8. The molecule has 281 valence electrons. The van der Waals surface area contributed by atoms with E-state index in [4.69, 9.17) is 17.0 Å². The second-order valence-corrected chi connectivity index (χ2v) is 19.0. The third-order valence-corrected chi connectivity index (χ3v) is 9.05. The number of halogens is 2. The Morgan fingerprint density at radius 3 is 1.28 bits per heavy atom. The van der Waals surface area contributed by atoms with Gasteiger partial charge in [0.2, 0.25) is 0 Å². The summed E-state index contributed by atoms with van der Waals surface area (Å²) >= 11 is -0.826. The van der Waals surface area contributed by atoms with Crippen molar-refractivity contribution in [2.45, 2.75) is 91.9 Å². The average Bonchev–Trinajstić information content (AvgIpc) is 3.76. The summed E-state index contributed by atoms with van der Waals surface area (Å²) < 4.78 is 0. The first kappa shape index (κ1) is 45.0. The molecule has 6 rings (SSSR count). The summed E-state index contributed by atoms with van der Waals surface area (Å²) in [5.74, 6) is 0. The van der Waals surface area contributed by atoms with Crippen LogP contribution in [0.15, 0.2) is 109 Å². The van der Waals surface area contributed by atoms with Gasteiger partial charge in [0.15, 0.2) is 12.8 Å². The molecular formula is C46H54BCl2N2O2Zr. The minimum absolute atomic E-state index is 0.150. The number of nitrogens with one attached hydrogen (secondary N) is 2. The Labute approximate surface area is 343 Å². The summed E-state index contributed by atoms with van der Waals surface area (Å²) in [6.07, 6.45) is 5.63. The second kappa shape index (κ2) is 22.2. The minimum atomic E-state index is -0.826. The Morgan fingerprint density at radius 1 is 0.593 bits per heavy atom. The molecule has 6 aromatic carbocycles. The number of hydrogen-bond acceptors (Lipinski definition) is 2. The Hall–Kier alpha value is -3.43. The number of aryl methyl sites for hydroxylation is 2. The molecule has 0 aromatic heterocycles. The van der Waals surface area contributed by atoms with Crippen LogP contribution < -0.4 is 10.5 Å². The fraction of sp³-hybridized carbons (Fsp3) is 0.304. The van der Waals surface area contributed by atoms with Crippen LogP contribution in [0.3, 0.4) is 0 Å². The second-order valence-electron chi connectivity index (χ2n) is 15.2. The van der Waals surface area contributed by atoms with E-state index in [1.54, 1.807) is 0 Å². The van der Waals surface area contributed by atoms with E-state index in [1.807, 2.05) is 0 Å². The van der Waals surface area contributed by atoms with Gasteiger partial charge in [-0.2, -0.15) is 12.1 Å². The van der Waals surface area contributed by atoms with E-state index in [9.17, 15) is 9.59 Å². The van der Waals surface area contributed by atoms with Crippen molar-refractivity contribution in [3.05, 3.63) is 131 Å². The topological polar surface area (TPSA) is 58.2 Å². The summed E-state index contributed by atoms with van der Waals surface area (Å²) in [6, 6.07) is 40.5. The number of rotatable bonds is 10. The van der Waals surface area contributed by atoms with Gasteiger partial charge >= 0.3 is 45.4 Å². The van der Waals surface area contributed by atoms with Crippen molar-refractivity contribution >= 4 is 58.9 Å². The monoisotopic (exact) mass is 837 g/mol. The van der Waals surface area contributed by atoms with E-state index < -0.39 is 20.8 Å².